The quantitative estimate of drug-likeness (QED) is 0.858. The largest absolute Gasteiger partial charge is 0.481 e. The monoisotopic (exact) mass is 267 g/mol. The number of aryl methyl sites for hydroxylation is 1. The number of carbonyl (C=O) groups is 2. The van der Waals surface area contributed by atoms with Crippen LogP contribution in [0.5, 0.6) is 0 Å². The van der Waals surface area contributed by atoms with Crippen LogP contribution in [0.1, 0.15) is 31.2 Å². The summed E-state index contributed by atoms with van der Waals surface area (Å²) in [4.78, 5) is 22.5. The summed E-state index contributed by atoms with van der Waals surface area (Å²) in [6.45, 7) is 0. The molecule has 1 amide bonds. The van der Waals surface area contributed by atoms with Crippen molar-refractivity contribution in [2.24, 2.45) is 5.92 Å². The van der Waals surface area contributed by atoms with Gasteiger partial charge in [-0.2, -0.15) is 11.3 Å². The van der Waals surface area contributed by atoms with Gasteiger partial charge in [-0.15, -0.1) is 0 Å². The van der Waals surface area contributed by atoms with Gasteiger partial charge in [0.05, 0.1) is 5.92 Å². The second-order valence-electron chi connectivity index (χ2n) is 4.74. The molecule has 0 aliphatic heterocycles. The lowest BCUT2D eigenvalue weighted by atomic mass is 10.1. The molecule has 1 fully saturated rings. The number of amides is 1. The van der Waals surface area contributed by atoms with E-state index in [2.05, 4.69) is 5.32 Å². The zero-order valence-corrected chi connectivity index (χ0v) is 10.9. The third-order valence-electron chi connectivity index (χ3n) is 3.37. The minimum atomic E-state index is -0.745. The molecule has 1 saturated carbocycles. The SMILES string of the molecule is O=C(CCc1ccsc1)N[C@@H]1CC[C@H](C(=O)O)C1. The Labute approximate surface area is 110 Å². The van der Waals surface area contributed by atoms with Gasteiger partial charge in [0.25, 0.3) is 0 Å². The Hall–Kier alpha value is -1.36. The van der Waals surface area contributed by atoms with E-state index in [-0.39, 0.29) is 17.9 Å². The van der Waals surface area contributed by atoms with E-state index in [4.69, 9.17) is 5.11 Å². The average Bonchev–Trinajstić information content (AvgIpc) is 2.96. The Morgan fingerprint density at radius 2 is 2.28 bits per heavy atom. The normalized spacial score (nSPS) is 22.9. The Balaban J connectivity index is 1.70. The molecule has 98 valence electrons. The number of carboxylic acids is 1. The molecular weight excluding hydrogens is 250 g/mol. The zero-order chi connectivity index (χ0) is 13.0. The molecule has 4 nitrogen and oxygen atoms in total. The molecule has 1 aliphatic carbocycles. The molecule has 0 radical (unpaired) electrons. The van der Waals surface area contributed by atoms with Crippen LogP contribution in [0.25, 0.3) is 0 Å². The molecule has 1 aliphatic rings. The third-order valence-corrected chi connectivity index (χ3v) is 4.10. The molecule has 2 rings (SSSR count). The lowest BCUT2D eigenvalue weighted by Crippen LogP contribution is -2.33. The molecule has 0 saturated heterocycles. The Morgan fingerprint density at radius 3 is 2.89 bits per heavy atom. The van der Waals surface area contributed by atoms with Crippen LogP contribution in [0.15, 0.2) is 16.8 Å². The van der Waals surface area contributed by atoms with Gasteiger partial charge in [-0.1, -0.05) is 0 Å². The highest BCUT2D eigenvalue weighted by Crippen LogP contribution is 2.25. The van der Waals surface area contributed by atoms with Crippen LogP contribution < -0.4 is 5.32 Å². The maximum absolute atomic E-state index is 11.7. The standard InChI is InChI=1S/C13H17NO3S/c15-12(4-1-9-5-6-18-8-9)14-11-3-2-10(7-11)13(16)17/h5-6,8,10-11H,1-4,7H2,(H,14,15)(H,16,17)/t10-,11+/m0/s1. The summed E-state index contributed by atoms with van der Waals surface area (Å²) >= 11 is 1.63. The summed E-state index contributed by atoms with van der Waals surface area (Å²) < 4.78 is 0. The van der Waals surface area contributed by atoms with Crippen molar-refractivity contribution in [2.45, 2.75) is 38.1 Å². The molecule has 0 spiro atoms. The van der Waals surface area contributed by atoms with Gasteiger partial charge in [0, 0.05) is 12.5 Å². The number of carboxylic acid groups (broad SMARTS) is 1. The molecule has 0 aromatic carbocycles. The van der Waals surface area contributed by atoms with Crippen LogP contribution in [0.3, 0.4) is 0 Å². The Morgan fingerprint density at radius 1 is 1.44 bits per heavy atom. The first-order chi connectivity index (χ1) is 8.65. The van der Waals surface area contributed by atoms with Crippen LogP contribution >= 0.6 is 11.3 Å². The van der Waals surface area contributed by atoms with Crippen molar-refractivity contribution in [1.82, 2.24) is 5.32 Å². The predicted octanol–water partition coefficient (Wildman–Crippen LogP) is 2.05. The van der Waals surface area contributed by atoms with Gasteiger partial charge in [-0.3, -0.25) is 9.59 Å². The fraction of sp³-hybridized carbons (Fsp3) is 0.538. The second-order valence-corrected chi connectivity index (χ2v) is 5.52. The minimum absolute atomic E-state index is 0.0252. The lowest BCUT2D eigenvalue weighted by Gasteiger charge is -2.12. The summed E-state index contributed by atoms with van der Waals surface area (Å²) in [5, 5.41) is 15.9. The first-order valence-corrected chi connectivity index (χ1v) is 7.12. The minimum Gasteiger partial charge on any atom is -0.481 e. The highest BCUT2D eigenvalue weighted by molar-refractivity contribution is 7.07. The molecule has 1 aromatic heterocycles. The van der Waals surface area contributed by atoms with E-state index in [1.165, 1.54) is 5.56 Å². The predicted molar refractivity (Wildman–Crippen MR) is 69.5 cm³/mol. The van der Waals surface area contributed by atoms with Crippen LogP contribution in [0.2, 0.25) is 0 Å². The van der Waals surface area contributed by atoms with Crippen molar-refractivity contribution in [3.05, 3.63) is 22.4 Å². The number of carbonyl (C=O) groups excluding carboxylic acids is 1. The van der Waals surface area contributed by atoms with E-state index >= 15 is 0 Å². The fourth-order valence-electron chi connectivity index (χ4n) is 2.33. The number of thiophene rings is 1. The number of aliphatic carboxylic acids is 1. The fourth-order valence-corrected chi connectivity index (χ4v) is 3.03. The lowest BCUT2D eigenvalue weighted by molar-refractivity contribution is -0.141. The number of nitrogens with one attached hydrogen (secondary N) is 1. The van der Waals surface area contributed by atoms with Crippen molar-refractivity contribution < 1.29 is 14.7 Å². The molecule has 2 N–H and O–H groups in total. The molecule has 18 heavy (non-hydrogen) atoms. The van der Waals surface area contributed by atoms with Gasteiger partial charge in [0.1, 0.15) is 0 Å². The Bertz CT molecular complexity index is 416. The van der Waals surface area contributed by atoms with Gasteiger partial charge >= 0.3 is 5.97 Å². The molecule has 0 unspecified atom stereocenters. The van der Waals surface area contributed by atoms with Crippen LogP contribution in [0.4, 0.5) is 0 Å². The van der Waals surface area contributed by atoms with Gasteiger partial charge < -0.3 is 10.4 Å². The van der Waals surface area contributed by atoms with Crippen molar-refractivity contribution in [3.8, 4) is 0 Å². The second kappa shape index (κ2) is 6.00. The van der Waals surface area contributed by atoms with Gasteiger partial charge in [0.2, 0.25) is 5.91 Å². The van der Waals surface area contributed by atoms with E-state index < -0.39 is 5.97 Å². The maximum atomic E-state index is 11.7. The highest BCUT2D eigenvalue weighted by atomic mass is 32.1. The molecule has 0 bridgehead atoms. The number of rotatable bonds is 5. The Kier molecular flexibility index (Phi) is 4.36. The summed E-state index contributed by atoms with van der Waals surface area (Å²) in [6.07, 6.45) is 3.25. The third kappa shape index (κ3) is 3.57. The summed E-state index contributed by atoms with van der Waals surface area (Å²) in [7, 11) is 0. The number of hydrogen-bond donors (Lipinski definition) is 2. The maximum Gasteiger partial charge on any atom is 0.306 e. The van der Waals surface area contributed by atoms with Gasteiger partial charge in [-0.25, -0.2) is 0 Å². The zero-order valence-electron chi connectivity index (χ0n) is 10.1. The first-order valence-electron chi connectivity index (χ1n) is 6.18. The van der Waals surface area contributed by atoms with E-state index in [0.717, 1.165) is 12.8 Å². The van der Waals surface area contributed by atoms with Gasteiger partial charge in [-0.05, 0) is 48.1 Å². The summed E-state index contributed by atoms with van der Waals surface area (Å²) in [5.41, 5.74) is 1.19. The van der Waals surface area contributed by atoms with Crippen molar-refractivity contribution in [1.29, 1.82) is 0 Å². The van der Waals surface area contributed by atoms with E-state index in [1.807, 2.05) is 16.8 Å². The van der Waals surface area contributed by atoms with E-state index in [1.54, 1.807) is 11.3 Å². The smallest absolute Gasteiger partial charge is 0.306 e. The van der Waals surface area contributed by atoms with Gasteiger partial charge in [0.15, 0.2) is 0 Å². The molecular formula is C13H17NO3S. The first kappa shape index (κ1) is 13.1. The van der Waals surface area contributed by atoms with Crippen molar-refractivity contribution in [2.75, 3.05) is 0 Å². The summed E-state index contributed by atoms with van der Waals surface area (Å²) in [6, 6.07) is 2.06. The van der Waals surface area contributed by atoms with Crippen LogP contribution in [-0.2, 0) is 16.0 Å². The molecule has 1 heterocycles. The topological polar surface area (TPSA) is 66.4 Å². The van der Waals surface area contributed by atoms with Crippen LogP contribution in [-0.4, -0.2) is 23.0 Å². The van der Waals surface area contributed by atoms with Crippen LogP contribution in [0, 0.1) is 5.92 Å². The van der Waals surface area contributed by atoms with Crippen molar-refractivity contribution in [3.63, 3.8) is 0 Å². The van der Waals surface area contributed by atoms with Crippen molar-refractivity contribution >= 4 is 23.2 Å². The summed E-state index contributed by atoms with van der Waals surface area (Å²) in [5.74, 6) is -1.01. The molecule has 2 atom stereocenters. The molecule has 1 aromatic rings. The highest BCUT2D eigenvalue weighted by Gasteiger charge is 2.30. The van der Waals surface area contributed by atoms with E-state index in [9.17, 15) is 9.59 Å². The number of hydrogen-bond acceptors (Lipinski definition) is 3. The van der Waals surface area contributed by atoms with E-state index in [0.29, 0.717) is 19.3 Å². The average molecular weight is 267 g/mol. The molecule has 5 heteroatoms.